The SMILES string of the molecule is CC(C)(CN1CCC(CO)C1)NS(C)(=O)=O. The highest BCUT2D eigenvalue weighted by molar-refractivity contribution is 7.88. The Morgan fingerprint density at radius 2 is 2.12 bits per heavy atom. The molecule has 0 bridgehead atoms. The number of hydrogen-bond donors (Lipinski definition) is 2. The second-order valence-corrected chi connectivity index (χ2v) is 7.08. The third-order valence-corrected chi connectivity index (χ3v) is 3.63. The molecule has 1 aliphatic heterocycles. The minimum absolute atomic E-state index is 0.219. The molecule has 1 fully saturated rings. The van der Waals surface area contributed by atoms with Crippen LogP contribution in [0, 0.1) is 5.92 Å². The van der Waals surface area contributed by atoms with Crippen molar-refractivity contribution in [2.75, 3.05) is 32.5 Å². The van der Waals surface area contributed by atoms with Crippen LogP contribution in [0.15, 0.2) is 0 Å². The lowest BCUT2D eigenvalue weighted by atomic mass is 10.1. The molecule has 0 aromatic heterocycles. The van der Waals surface area contributed by atoms with E-state index in [0.29, 0.717) is 12.5 Å². The van der Waals surface area contributed by atoms with Gasteiger partial charge in [-0.1, -0.05) is 0 Å². The first-order valence-corrected chi connectivity index (χ1v) is 7.43. The highest BCUT2D eigenvalue weighted by Gasteiger charge is 2.29. The Bertz CT molecular complexity index is 327. The van der Waals surface area contributed by atoms with Gasteiger partial charge >= 0.3 is 0 Å². The van der Waals surface area contributed by atoms with Crippen LogP contribution in [0.1, 0.15) is 20.3 Å². The smallest absolute Gasteiger partial charge is 0.209 e. The van der Waals surface area contributed by atoms with E-state index in [4.69, 9.17) is 5.11 Å². The first kappa shape index (κ1) is 13.9. The molecule has 0 saturated carbocycles. The topological polar surface area (TPSA) is 69.6 Å². The summed E-state index contributed by atoms with van der Waals surface area (Å²) in [4.78, 5) is 2.19. The summed E-state index contributed by atoms with van der Waals surface area (Å²) in [6.45, 7) is 6.43. The van der Waals surface area contributed by atoms with Crippen molar-refractivity contribution in [2.24, 2.45) is 5.92 Å². The molecule has 96 valence electrons. The molecule has 0 radical (unpaired) electrons. The molecule has 1 heterocycles. The van der Waals surface area contributed by atoms with E-state index in [1.165, 1.54) is 6.26 Å². The Labute approximate surface area is 97.9 Å². The van der Waals surface area contributed by atoms with Crippen molar-refractivity contribution in [3.05, 3.63) is 0 Å². The lowest BCUT2D eigenvalue weighted by Crippen LogP contribution is -2.50. The van der Waals surface area contributed by atoms with E-state index in [-0.39, 0.29) is 6.61 Å². The van der Waals surface area contributed by atoms with Gasteiger partial charge in [0.15, 0.2) is 0 Å². The first-order valence-electron chi connectivity index (χ1n) is 5.54. The maximum absolute atomic E-state index is 11.2. The monoisotopic (exact) mass is 250 g/mol. The van der Waals surface area contributed by atoms with Gasteiger partial charge in [0.1, 0.15) is 0 Å². The van der Waals surface area contributed by atoms with Gasteiger partial charge in [-0.25, -0.2) is 13.1 Å². The maximum Gasteiger partial charge on any atom is 0.209 e. The minimum atomic E-state index is -3.17. The van der Waals surface area contributed by atoms with Gasteiger partial charge in [-0.05, 0) is 32.7 Å². The summed E-state index contributed by atoms with van der Waals surface area (Å²) in [6.07, 6.45) is 2.17. The van der Waals surface area contributed by atoms with Crippen LogP contribution >= 0.6 is 0 Å². The van der Waals surface area contributed by atoms with Gasteiger partial charge in [-0.15, -0.1) is 0 Å². The fourth-order valence-corrected chi connectivity index (χ4v) is 3.37. The molecule has 1 atom stereocenters. The van der Waals surface area contributed by atoms with E-state index in [9.17, 15) is 8.42 Å². The first-order chi connectivity index (χ1) is 7.22. The third-order valence-electron chi connectivity index (χ3n) is 2.71. The van der Waals surface area contributed by atoms with Gasteiger partial charge in [0.05, 0.1) is 6.26 Å². The number of rotatable bonds is 5. The third kappa shape index (κ3) is 4.78. The molecular weight excluding hydrogens is 228 g/mol. The van der Waals surface area contributed by atoms with Crippen molar-refractivity contribution in [3.8, 4) is 0 Å². The standard InChI is InChI=1S/C10H22N2O3S/c1-10(2,11-16(3,14)15)8-12-5-4-9(6-12)7-13/h9,11,13H,4-8H2,1-3H3. The van der Waals surface area contributed by atoms with Crippen LogP contribution in [-0.4, -0.2) is 56.5 Å². The van der Waals surface area contributed by atoms with E-state index in [1.807, 2.05) is 13.8 Å². The fraction of sp³-hybridized carbons (Fsp3) is 1.00. The van der Waals surface area contributed by atoms with Crippen LogP contribution in [-0.2, 0) is 10.0 Å². The summed E-state index contributed by atoms with van der Waals surface area (Å²) in [6, 6.07) is 0. The van der Waals surface area contributed by atoms with Gasteiger partial charge in [0, 0.05) is 25.2 Å². The normalized spacial score (nSPS) is 23.9. The Hall–Kier alpha value is -0.170. The highest BCUT2D eigenvalue weighted by Crippen LogP contribution is 2.18. The van der Waals surface area contributed by atoms with Crippen molar-refractivity contribution in [1.82, 2.24) is 9.62 Å². The lowest BCUT2D eigenvalue weighted by molar-refractivity contribution is 0.207. The summed E-state index contributed by atoms with van der Waals surface area (Å²) in [7, 11) is -3.17. The van der Waals surface area contributed by atoms with Gasteiger partial charge in [-0.3, -0.25) is 0 Å². The molecule has 16 heavy (non-hydrogen) atoms. The molecule has 1 rings (SSSR count). The van der Waals surface area contributed by atoms with Crippen LogP contribution in [0.25, 0.3) is 0 Å². The molecule has 6 heteroatoms. The number of aliphatic hydroxyl groups is 1. The second kappa shape index (κ2) is 5.00. The average Bonchev–Trinajstić information content (AvgIpc) is 2.46. The van der Waals surface area contributed by atoms with E-state index in [0.717, 1.165) is 19.5 Å². The van der Waals surface area contributed by atoms with E-state index < -0.39 is 15.6 Å². The molecule has 0 aromatic rings. The van der Waals surface area contributed by atoms with Gasteiger partial charge in [-0.2, -0.15) is 0 Å². The summed E-state index contributed by atoms with van der Waals surface area (Å²) in [5.41, 5.74) is -0.460. The van der Waals surface area contributed by atoms with E-state index in [2.05, 4.69) is 9.62 Å². The zero-order chi connectivity index (χ0) is 12.4. The maximum atomic E-state index is 11.2. The van der Waals surface area contributed by atoms with Gasteiger partial charge < -0.3 is 10.0 Å². The Morgan fingerprint density at radius 3 is 2.56 bits per heavy atom. The number of likely N-dealkylation sites (tertiary alicyclic amines) is 1. The number of sulfonamides is 1. The highest BCUT2D eigenvalue weighted by atomic mass is 32.2. The second-order valence-electron chi connectivity index (χ2n) is 5.33. The fourth-order valence-electron chi connectivity index (χ4n) is 2.30. The summed E-state index contributed by atoms with van der Waals surface area (Å²) in [5.74, 6) is 0.342. The van der Waals surface area contributed by atoms with Crippen LogP contribution in [0.4, 0.5) is 0 Å². The van der Waals surface area contributed by atoms with Crippen LogP contribution in [0.5, 0.6) is 0 Å². The number of hydrogen-bond acceptors (Lipinski definition) is 4. The molecule has 1 aliphatic rings. The van der Waals surface area contributed by atoms with E-state index >= 15 is 0 Å². The molecule has 1 saturated heterocycles. The molecule has 5 nitrogen and oxygen atoms in total. The van der Waals surface area contributed by atoms with Crippen LogP contribution < -0.4 is 4.72 Å². The van der Waals surface area contributed by atoms with Gasteiger partial charge in [0.25, 0.3) is 0 Å². The molecule has 0 aliphatic carbocycles. The van der Waals surface area contributed by atoms with Crippen LogP contribution in [0.2, 0.25) is 0 Å². The average molecular weight is 250 g/mol. The molecular formula is C10H22N2O3S. The molecule has 0 amide bonds. The summed E-state index contributed by atoms with van der Waals surface area (Å²) in [5, 5.41) is 9.03. The van der Waals surface area contributed by atoms with Gasteiger partial charge in [0.2, 0.25) is 10.0 Å². The van der Waals surface area contributed by atoms with Crippen LogP contribution in [0.3, 0.4) is 0 Å². The molecule has 0 aromatic carbocycles. The lowest BCUT2D eigenvalue weighted by Gasteiger charge is -2.30. The Morgan fingerprint density at radius 1 is 1.50 bits per heavy atom. The predicted molar refractivity (Wildman–Crippen MR) is 63.7 cm³/mol. The number of aliphatic hydroxyl groups excluding tert-OH is 1. The number of nitrogens with one attached hydrogen (secondary N) is 1. The number of nitrogens with zero attached hydrogens (tertiary/aromatic N) is 1. The molecule has 1 unspecified atom stereocenters. The van der Waals surface area contributed by atoms with Crippen molar-refractivity contribution < 1.29 is 13.5 Å². The zero-order valence-corrected chi connectivity index (χ0v) is 11.0. The Balaban J connectivity index is 2.47. The van der Waals surface area contributed by atoms with Crippen molar-refractivity contribution in [1.29, 1.82) is 0 Å². The predicted octanol–water partition coefficient (Wildman–Crippen LogP) is -0.372. The minimum Gasteiger partial charge on any atom is -0.396 e. The van der Waals surface area contributed by atoms with E-state index in [1.54, 1.807) is 0 Å². The van der Waals surface area contributed by atoms with Crippen molar-refractivity contribution >= 4 is 10.0 Å². The largest absolute Gasteiger partial charge is 0.396 e. The van der Waals surface area contributed by atoms with Crippen molar-refractivity contribution in [2.45, 2.75) is 25.8 Å². The Kier molecular flexibility index (Phi) is 4.34. The molecule has 0 spiro atoms. The quantitative estimate of drug-likeness (QED) is 0.698. The molecule has 2 N–H and O–H groups in total. The summed E-state index contributed by atoms with van der Waals surface area (Å²) < 4.78 is 25.0. The van der Waals surface area contributed by atoms with Crippen molar-refractivity contribution in [3.63, 3.8) is 0 Å². The zero-order valence-electron chi connectivity index (χ0n) is 10.2. The summed E-state index contributed by atoms with van der Waals surface area (Å²) >= 11 is 0.